The van der Waals surface area contributed by atoms with Gasteiger partial charge in [-0.15, -0.1) is 0 Å². The molecule has 0 bridgehead atoms. The number of allylic oxidation sites excluding steroid dienone is 4. The van der Waals surface area contributed by atoms with E-state index in [1.807, 2.05) is 0 Å². The van der Waals surface area contributed by atoms with E-state index in [0.29, 0.717) is 0 Å². The minimum absolute atomic E-state index is 0.738. The number of aldehydes is 1. The number of hydrogen-bond donors (Lipinski definition) is 0. The molecule has 0 unspecified atom stereocenters. The predicted molar refractivity (Wildman–Crippen MR) is 67.0 cm³/mol. The van der Waals surface area contributed by atoms with Crippen LogP contribution in [0.3, 0.4) is 0 Å². The molecule has 0 aromatic rings. The van der Waals surface area contributed by atoms with E-state index < -0.39 is 0 Å². The fourth-order valence-electron chi connectivity index (χ4n) is 1.41. The van der Waals surface area contributed by atoms with Gasteiger partial charge >= 0.3 is 0 Å². The average Bonchev–Trinajstić information content (AvgIpc) is 2.26. The minimum atomic E-state index is 0.738. The Morgan fingerprint density at radius 2 is 1.40 bits per heavy atom. The number of hydrogen-bond acceptors (Lipinski definition) is 1. The molecule has 1 nitrogen and oxygen atoms in total. The van der Waals surface area contributed by atoms with Crippen LogP contribution < -0.4 is 0 Å². The van der Waals surface area contributed by atoms with Gasteiger partial charge < -0.3 is 4.79 Å². The fourth-order valence-corrected chi connectivity index (χ4v) is 1.41. The van der Waals surface area contributed by atoms with Gasteiger partial charge in [-0.25, -0.2) is 0 Å². The van der Waals surface area contributed by atoms with Crippen molar-refractivity contribution < 1.29 is 4.79 Å². The Morgan fingerprint density at radius 1 is 0.800 bits per heavy atom. The Bertz CT molecular complexity index is 180. The maximum atomic E-state index is 10.0. The van der Waals surface area contributed by atoms with Crippen molar-refractivity contribution in [3.8, 4) is 0 Å². The van der Waals surface area contributed by atoms with Gasteiger partial charge in [0.1, 0.15) is 6.29 Å². The quantitative estimate of drug-likeness (QED) is 0.295. The first-order valence-corrected chi connectivity index (χ1v) is 6.17. The fraction of sp³-hybridized carbons (Fsp3) is 0.643. The highest BCUT2D eigenvalue weighted by Crippen LogP contribution is 2.06. The van der Waals surface area contributed by atoms with Crippen molar-refractivity contribution in [2.24, 2.45) is 0 Å². The molecular weight excluding hydrogens is 184 g/mol. The Morgan fingerprint density at radius 3 is 2.07 bits per heavy atom. The van der Waals surface area contributed by atoms with Gasteiger partial charge in [-0.3, -0.25) is 0 Å². The summed E-state index contributed by atoms with van der Waals surface area (Å²) in [7, 11) is 0. The van der Waals surface area contributed by atoms with Crippen molar-refractivity contribution in [3.63, 3.8) is 0 Å². The second-order valence-corrected chi connectivity index (χ2v) is 3.78. The van der Waals surface area contributed by atoms with E-state index in [0.717, 1.165) is 25.5 Å². The minimum Gasteiger partial charge on any atom is -0.303 e. The number of unbranched alkanes of at least 4 members (excludes halogenated alkanes) is 6. The van der Waals surface area contributed by atoms with Crippen LogP contribution in [0.5, 0.6) is 0 Å². The molecule has 0 aliphatic heterocycles. The smallest absolute Gasteiger partial charge is 0.119 e. The molecule has 15 heavy (non-hydrogen) atoms. The zero-order valence-corrected chi connectivity index (χ0v) is 9.95. The first-order chi connectivity index (χ1) is 7.41. The summed E-state index contributed by atoms with van der Waals surface area (Å²) in [5.41, 5.74) is 0. The van der Waals surface area contributed by atoms with Gasteiger partial charge in [0, 0.05) is 6.42 Å². The number of carbonyl (C=O) groups excluding carboxylic acids is 1. The monoisotopic (exact) mass is 208 g/mol. The van der Waals surface area contributed by atoms with Gasteiger partial charge in [0.05, 0.1) is 0 Å². The van der Waals surface area contributed by atoms with Crippen LogP contribution in [0.4, 0.5) is 0 Å². The molecule has 0 fully saturated rings. The van der Waals surface area contributed by atoms with Gasteiger partial charge in [-0.1, -0.05) is 50.5 Å². The zero-order valence-electron chi connectivity index (χ0n) is 9.95. The van der Waals surface area contributed by atoms with Gasteiger partial charge in [0.15, 0.2) is 0 Å². The van der Waals surface area contributed by atoms with Gasteiger partial charge in [-0.2, -0.15) is 0 Å². The topological polar surface area (TPSA) is 17.1 Å². The van der Waals surface area contributed by atoms with Crippen molar-refractivity contribution in [2.45, 2.75) is 58.3 Å². The van der Waals surface area contributed by atoms with Crippen LogP contribution in [0.2, 0.25) is 0 Å². The molecule has 0 saturated carbocycles. The Labute approximate surface area is 94.3 Å². The highest BCUT2D eigenvalue weighted by Gasteiger charge is 1.88. The number of rotatable bonds is 10. The highest BCUT2D eigenvalue weighted by atomic mass is 16.1. The lowest BCUT2D eigenvalue weighted by molar-refractivity contribution is -0.107. The van der Waals surface area contributed by atoms with E-state index in [-0.39, 0.29) is 0 Å². The molecule has 0 radical (unpaired) electrons. The van der Waals surface area contributed by atoms with Crippen LogP contribution in [-0.4, -0.2) is 6.29 Å². The van der Waals surface area contributed by atoms with Crippen molar-refractivity contribution >= 4 is 6.29 Å². The van der Waals surface area contributed by atoms with Crippen LogP contribution in [-0.2, 0) is 4.79 Å². The third-order valence-electron chi connectivity index (χ3n) is 2.31. The summed E-state index contributed by atoms with van der Waals surface area (Å²) < 4.78 is 0. The zero-order chi connectivity index (χ0) is 11.2. The summed E-state index contributed by atoms with van der Waals surface area (Å²) in [6.07, 6.45) is 18.8. The molecular formula is C14H24O. The molecule has 0 N–H and O–H groups in total. The van der Waals surface area contributed by atoms with Crippen LogP contribution >= 0.6 is 0 Å². The largest absolute Gasteiger partial charge is 0.303 e. The molecule has 0 aromatic heterocycles. The Kier molecular flexibility index (Phi) is 12.4. The normalized spacial score (nSPS) is 11.5. The second kappa shape index (κ2) is 13.2. The van der Waals surface area contributed by atoms with E-state index in [2.05, 4.69) is 31.2 Å². The van der Waals surface area contributed by atoms with E-state index in [1.54, 1.807) is 0 Å². The summed E-state index contributed by atoms with van der Waals surface area (Å²) in [6, 6.07) is 0. The van der Waals surface area contributed by atoms with Crippen LogP contribution in [0, 0.1) is 0 Å². The molecule has 0 aromatic carbocycles. The van der Waals surface area contributed by atoms with Crippen molar-refractivity contribution in [1.29, 1.82) is 0 Å². The second-order valence-electron chi connectivity index (χ2n) is 3.78. The van der Waals surface area contributed by atoms with E-state index in [9.17, 15) is 4.79 Å². The van der Waals surface area contributed by atoms with Gasteiger partial charge in [0.2, 0.25) is 0 Å². The molecule has 0 spiro atoms. The third-order valence-corrected chi connectivity index (χ3v) is 2.31. The van der Waals surface area contributed by atoms with Crippen LogP contribution in [0.15, 0.2) is 24.3 Å². The first kappa shape index (κ1) is 14.2. The molecule has 0 amide bonds. The average molecular weight is 208 g/mol. The van der Waals surface area contributed by atoms with Crippen molar-refractivity contribution in [2.75, 3.05) is 0 Å². The standard InChI is InChI=1S/C14H24O/c1-2-3-4-5-6-7-8-9-10-11-12-13-14-15/h3-6,14H,2,7-13H2,1H3. The van der Waals surface area contributed by atoms with Crippen molar-refractivity contribution in [3.05, 3.63) is 24.3 Å². The summed E-state index contributed by atoms with van der Waals surface area (Å²) in [5.74, 6) is 0. The lowest BCUT2D eigenvalue weighted by Gasteiger charge is -1.96. The lowest BCUT2D eigenvalue weighted by Crippen LogP contribution is -1.79. The molecule has 0 rings (SSSR count). The van der Waals surface area contributed by atoms with Crippen LogP contribution in [0.25, 0.3) is 0 Å². The molecule has 0 aliphatic rings. The predicted octanol–water partition coefficient (Wildman–Crippen LogP) is 4.44. The molecule has 0 aliphatic carbocycles. The summed E-state index contributed by atoms with van der Waals surface area (Å²) in [4.78, 5) is 10.0. The summed E-state index contributed by atoms with van der Waals surface area (Å²) in [5, 5.41) is 0. The van der Waals surface area contributed by atoms with Crippen LogP contribution in [0.1, 0.15) is 58.3 Å². The van der Waals surface area contributed by atoms with E-state index >= 15 is 0 Å². The summed E-state index contributed by atoms with van der Waals surface area (Å²) in [6.45, 7) is 2.14. The molecule has 0 heterocycles. The van der Waals surface area contributed by atoms with Gasteiger partial charge in [0.25, 0.3) is 0 Å². The molecule has 0 atom stereocenters. The molecule has 86 valence electrons. The van der Waals surface area contributed by atoms with Crippen molar-refractivity contribution in [1.82, 2.24) is 0 Å². The first-order valence-electron chi connectivity index (χ1n) is 6.17. The Balaban J connectivity index is 3.07. The van der Waals surface area contributed by atoms with E-state index in [1.165, 1.54) is 32.1 Å². The lowest BCUT2D eigenvalue weighted by atomic mass is 10.1. The molecule has 0 saturated heterocycles. The summed E-state index contributed by atoms with van der Waals surface area (Å²) >= 11 is 0. The SMILES string of the molecule is CCC=CC=CCCCCCCCC=O. The number of carbonyl (C=O) groups is 1. The maximum absolute atomic E-state index is 10.0. The molecule has 1 heteroatoms. The Hall–Kier alpha value is -0.850. The highest BCUT2D eigenvalue weighted by molar-refractivity contribution is 5.48. The van der Waals surface area contributed by atoms with E-state index in [4.69, 9.17) is 0 Å². The maximum Gasteiger partial charge on any atom is 0.119 e. The van der Waals surface area contributed by atoms with Gasteiger partial charge in [-0.05, 0) is 25.7 Å². The third kappa shape index (κ3) is 13.2.